The van der Waals surface area contributed by atoms with Gasteiger partial charge in [-0.25, -0.2) is 0 Å². The Labute approximate surface area is 109 Å². The van der Waals surface area contributed by atoms with Gasteiger partial charge in [-0.15, -0.1) is 11.6 Å². The van der Waals surface area contributed by atoms with Crippen molar-refractivity contribution in [2.24, 2.45) is 0 Å². The zero-order chi connectivity index (χ0) is 12.8. The fraction of sp³-hybridized carbons (Fsp3) is 0.500. The highest BCUT2D eigenvalue weighted by Crippen LogP contribution is 2.26. The molecule has 0 spiro atoms. The van der Waals surface area contributed by atoms with E-state index in [2.05, 4.69) is 19.9 Å². The van der Waals surface area contributed by atoms with E-state index in [0.717, 1.165) is 30.6 Å². The third-order valence-electron chi connectivity index (χ3n) is 2.83. The second kappa shape index (κ2) is 6.65. The van der Waals surface area contributed by atoms with Gasteiger partial charge in [0.15, 0.2) is 0 Å². The lowest BCUT2D eigenvalue weighted by Gasteiger charge is -2.26. The molecule has 1 aromatic carbocycles. The van der Waals surface area contributed by atoms with Crippen LogP contribution in [0.15, 0.2) is 18.2 Å². The van der Waals surface area contributed by atoms with Gasteiger partial charge in [-0.05, 0) is 30.9 Å². The summed E-state index contributed by atoms with van der Waals surface area (Å²) in [5.41, 5.74) is 3.38. The molecule has 0 N–H and O–H groups in total. The van der Waals surface area contributed by atoms with Crippen molar-refractivity contribution in [3.63, 3.8) is 0 Å². The molecule has 0 bridgehead atoms. The van der Waals surface area contributed by atoms with Crippen molar-refractivity contribution >= 4 is 23.2 Å². The molecule has 0 fully saturated rings. The molecule has 0 aliphatic carbocycles. The number of hydrogen-bond donors (Lipinski definition) is 0. The van der Waals surface area contributed by atoms with Gasteiger partial charge in [0.2, 0.25) is 5.91 Å². The van der Waals surface area contributed by atoms with E-state index in [4.69, 9.17) is 11.6 Å². The average Bonchev–Trinajstić information content (AvgIpc) is 2.35. The Bertz CT molecular complexity index is 390. The molecule has 94 valence electrons. The molecule has 0 heterocycles. The highest BCUT2D eigenvalue weighted by molar-refractivity contribution is 6.29. The summed E-state index contributed by atoms with van der Waals surface area (Å²) in [6.45, 7) is 6.94. The minimum atomic E-state index is -0.0162. The summed E-state index contributed by atoms with van der Waals surface area (Å²) in [4.78, 5) is 13.7. The van der Waals surface area contributed by atoms with Gasteiger partial charge in [0, 0.05) is 12.2 Å². The number of halogens is 1. The Morgan fingerprint density at radius 1 is 1.35 bits per heavy atom. The number of carbonyl (C=O) groups is 1. The van der Waals surface area contributed by atoms with E-state index >= 15 is 0 Å². The molecule has 1 aromatic rings. The predicted molar refractivity (Wildman–Crippen MR) is 73.9 cm³/mol. The summed E-state index contributed by atoms with van der Waals surface area (Å²) in [5, 5.41) is 0. The van der Waals surface area contributed by atoms with E-state index < -0.39 is 0 Å². The van der Waals surface area contributed by atoms with Crippen molar-refractivity contribution in [1.82, 2.24) is 0 Å². The van der Waals surface area contributed by atoms with Gasteiger partial charge in [-0.1, -0.05) is 32.0 Å². The lowest BCUT2D eigenvalue weighted by molar-refractivity contribution is -0.116. The molecule has 0 atom stereocenters. The van der Waals surface area contributed by atoms with Crippen LogP contribution in [0.25, 0.3) is 0 Å². The number of nitrogens with zero attached hydrogens (tertiary/aromatic N) is 1. The van der Waals surface area contributed by atoms with Crippen molar-refractivity contribution in [2.75, 3.05) is 17.3 Å². The van der Waals surface area contributed by atoms with Crippen molar-refractivity contribution < 1.29 is 4.79 Å². The molecule has 1 rings (SSSR count). The van der Waals surface area contributed by atoms with Crippen LogP contribution in [0.1, 0.15) is 31.4 Å². The van der Waals surface area contributed by atoms with E-state index in [9.17, 15) is 4.79 Å². The summed E-state index contributed by atoms with van der Waals surface area (Å²) in [6, 6.07) is 6.15. The van der Waals surface area contributed by atoms with Crippen molar-refractivity contribution in [1.29, 1.82) is 0 Å². The Morgan fingerprint density at radius 2 is 2.06 bits per heavy atom. The minimum Gasteiger partial charge on any atom is -0.311 e. The molecule has 0 aliphatic rings. The van der Waals surface area contributed by atoms with Crippen LogP contribution in [0.5, 0.6) is 0 Å². The van der Waals surface area contributed by atoms with Gasteiger partial charge < -0.3 is 4.90 Å². The number of alkyl halides is 1. The standard InChI is InChI=1S/C14H20ClNO/c1-4-9-16(13(17)10-15)14-11(3)7-6-8-12(14)5-2/h6-8H,4-5,9-10H2,1-3H3. The molecular formula is C14H20ClNO. The first-order valence-corrected chi connectivity index (χ1v) is 6.63. The number of rotatable bonds is 5. The SMILES string of the molecule is CCCN(C(=O)CCl)c1c(C)cccc1CC. The van der Waals surface area contributed by atoms with Crippen LogP contribution in [0.3, 0.4) is 0 Å². The quantitative estimate of drug-likeness (QED) is 0.735. The van der Waals surface area contributed by atoms with Crippen molar-refractivity contribution in [3.05, 3.63) is 29.3 Å². The van der Waals surface area contributed by atoms with Gasteiger partial charge in [0.1, 0.15) is 5.88 Å². The van der Waals surface area contributed by atoms with Crippen molar-refractivity contribution in [2.45, 2.75) is 33.6 Å². The normalized spacial score (nSPS) is 10.4. The largest absolute Gasteiger partial charge is 0.311 e. The topological polar surface area (TPSA) is 20.3 Å². The molecule has 17 heavy (non-hydrogen) atoms. The van der Waals surface area contributed by atoms with Gasteiger partial charge in [-0.2, -0.15) is 0 Å². The summed E-state index contributed by atoms with van der Waals surface area (Å²) in [5.74, 6) is 0.0230. The van der Waals surface area contributed by atoms with Gasteiger partial charge >= 0.3 is 0 Å². The number of benzene rings is 1. The summed E-state index contributed by atoms with van der Waals surface area (Å²) < 4.78 is 0. The molecule has 1 amide bonds. The first-order chi connectivity index (χ1) is 8.15. The maximum absolute atomic E-state index is 11.9. The first-order valence-electron chi connectivity index (χ1n) is 6.10. The lowest BCUT2D eigenvalue weighted by atomic mass is 10.0. The second-order valence-corrected chi connectivity index (χ2v) is 4.38. The third kappa shape index (κ3) is 3.22. The van der Waals surface area contributed by atoms with E-state index in [1.54, 1.807) is 0 Å². The summed E-state index contributed by atoms with van der Waals surface area (Å²) in [7, 11) is 0. The van der Waals surface area contributed by atoms with Crippen LogP contribution >= 0.6 is 11.6 Å². The smallest absolute Gasteiger partial charge is 0.241 e. The molecule has 0 unspecified atom stereocenters. The molecule has 0 radical (unpaired) electrons. The van der Waals surface area contributed by atoms with Gasteiger partial charge in [0.25, 0.3) is 0 Å². The van der Waals surface area contributed by atoms with E-state index in [1.165, 1.54) is 5.56 Å². The van der Waals surface area contributed by atoms with Crippen LogP contribution in [0.4, 0.5) is 5.69 Å². The van der Waals surface area contributed by atoms with Crippen LogP contribution in [-0.4, -0.2) is 18.3 Å². The Balaban J connectivity index is 3.21. The maximum atomic E-state index is 11.9. The van der Waals surface area contributed by atoms with Crippen LogP contribution < -0.4 is 4.90 Å². The predicted octanol–water partition coefficient (Wildman–Crippen LogP) is 3.54. The minimum absolute atomic E-state index is 0.0162. The van der Waals surface area contributed by atoms with Crippen molar-refractivity contribution in [3.8, 4) is 0 Å². The number of anilines is 1. The molecule has 3 heteroatoms. The van der Waals surface area contributed by atoms with Gasteiger partial charge in [-0.3, -0.25) is 4.79 Å². The molecule has 0 aliphatic heterocycles. The number of aryl methyl sites for hydroxylation is 2. The highest BCUT2D eigenvalue weighted by atomic mass is 35.5. The van der Waals surface area contributed by atoms with Crippen LogP contribution in [-0.2, 0) is 11.2 Å². The van der Waals surface area contributed by atoms with Crippen LogP contribution in [0.2, 0.25) is 0 Å². The third-order valence-corrected chi connectivity index (χ3v) is 3.06. The summed E-state index contributed by atoms with van der Waals surface area (Å²) in [6.07, 6.45) is 1.85. The first kappa shape index (κ1) is 14.0. The number of para-hydroxylation sites is 1. The Kier molecular flexibility index (Phi) is 5.49. The average molecular weight is 254 g/mol. The highest BCUT2D eigenvalue weighted by Gasteiger charge is 2.18. The Hall–Kier alpha value is -1.02. The maximum Gasteiger partial charge on any atom is 0.241 e. The fourth-order valence-electron chi connectivity index (χ4n) is 2.05. The number of hydrogen-bond acceptors (Lipinski definition) is 1. The Morgan fingerprint density at radius 3 is 2.59 bits per heavy atom. The zero-order valence-corrected chi connectivity index (χ0v) is 11.5. The second-order valence-electron chi connectivity index (χ2n) is 4.12. The fourth-order valence-corrected chi connectivity index (χ4v) is 2.19. The molecule has 0 aromatic heterocycles. The monoisotopic (exact) mass is 253 g/mol. The molecule has 0 saturated carbocycles. The molecule has 0 saturated heterocycles. The zero-order valence-electron chi connectivity index (χ0n) is 10.8. The molecule has 2 nitrogen and oxygen atoms in total. The number of amides is 1. The lowest BCUT2D eigenvalue weighted by Crippen LogP contribution is -2.34. The van der Waals surface area contributed by atoms with Gasteiger partial charge in [0.05, 0.1) is 0 Å². The molecular weight excluding hydrogens is 234 g/mol. The number of carbonyl (C=O) groups excluding carboxylic acids is 1. The summed E-state index contributed by atoms with van der Waals surface area (Å²) >= 11 is 5.69. The van der Waals surface area contributed by atoms with E-state index in [1.807, 2.05) is 24.0 Å². The van der Waals surface area contributed by atoms with E-state index in [-0.39, 0.29) is 11.8 Å². The van der Waals surface area contributed by atoms with Crippen LogP contribution in [0, 0.1) is 6.92 Å². The van der Waals surface area contributed by atoms with E-state index in [0.29, 0.717) is 0 Å².